The van der Waals surface area contributed by atoms with Crippen LogP contribution in [-0.4, -0.2) is 54.7 Å². The SMILES string of the molecule is COCc1nc(N)cc(N2CCC3C(CCCN3C)C2)n1. The topological polar surface area (TPSA) is 67.5 Å². The van der Waals surface area contributed by atoms with E-state index in [4.69, 9.17) is 10.5 Å². The Hall–Kier alpha value is -1.40. The van der Waals surface area contributed by atoms with E-state index < -0.39 is 0 Å². The smallest absolute Gasteiger partial charge is 0.158 e. The molecular weight excluding hydrogens is 266 g/mol. The van der Waals surface area contributed by atoms with Gasteiger partial charge in [0.05, 0.1) is 0 Å². The van der Waals surface area contributed by atoms with Crippen LogP contribution in [0.2, 0.25) is 0 Å². The number of nitrogens with two attached hydrogens (primary N) is 1. The molecule has 6 heteroatoms. The zero-order valence-electron chi connectivity index (χ0n) is 13.0. The van der Waals surface area contributed by atoms with Crippen molar-refractivity contribution < 1.29 is 4.74 Å². The Morgan fingerprint density at radius 3 is 3.00 bits per heavy atom. The highest BCUT2D eigenvalue weighted by Gasteiger charge is 2.34. The number of nitrogen functional groups attached to an aromatic ring is 1. The molecule has 0 aliphatic carbocycles. The van der Waals surface area contributed by atoms with Crippen LogP contribution in [0.3, 0.4) is 0 Å². The van der Waals surface area contributed by atoms with Crippen molar-refractivity contribution >= 4 is 11.6 Å². The second kappa shape index (κ2) is 6.15. The molecule has 1 aromatic heterocycles. The van der Waals surface area contributed by atoms with E-state index in [1.807, 2.05) is 6.07 Å². The molecule has 3 heterocycles. The molecule has 0 spiro atoms. The third kappa shape index (κ3) is 3.11. The predicted molar refractivity (Wildman–Crippen MR) is 83.1 cm³/mol. The van der Waals surface area contributed by atoms with E-state index in [2.05, 4.69) is 26.8 Å². The van der Waals surface area contributed by atoms with E-state index in [-0.39, 0.29) is 0 Å². The first-order valence-electron chi connectivity index (χ1n) is 7.75. The Labute approximate surface area is 126 Å². The van der Waals surface area contributed by atoms with E-state index >= 15 is 0 Å². The Morgan fingerprint density at radius 2 is 2.19 bits per heavy atom. The van der Waals surface area contributed by atoms with E-state index in [1.165, 1.54) is 25.8 Å². The van der Waals surface area contributed by atoms with Crippen molar-refractivity contribution in [3.8, 4) is 0 Å². The Bertz CT molecular complexity index is 495. The summed E-state index contributed by atoms with van der Waals surface area (Å²) in [5, 5.41) is 0. The molecular formula is C15H25N5O. The summed E-state index contributed by atoms with van der Waals surface area (Å²) in [7, 11) is 3.90. The lowest BCUT2D eigenvalue weighted by atomic mass is 9.84. The molecule has 21 heavy (non-hydrogen) atoms. The molecule has 2 N–H and O–H groups in total. The van der Waals surface area contributed by atoms with Gasteiger partial charge in [-0.25, -0.2) is 9.97 Å². The highest BCUT2D eigenvalue weighted by atomic mass is 16.5. The summed E-state index contributed by atoms with van der Waals surface area (Å²) in [6.45, 7) is 3.74. The van der Waals surface area contributed by atoms with Gasteiger partial charge in [0.25, 0.3) is 0 Å². The maximum atomic E-state index is 5.91. The van der Waals surface area contributed by atoms with Gasteiger partial charge in [-0.3, -0.25) is 0 Å². The number of nitrogens with zero attached hydrogens (tertiary/aromatic N) is 4. The van der Waals surface area contributed by atoms with E-state index in [1.54, 1.807) is 7.11 Å². The number of likely N-dealkylation sites (tertiary alicyclic amines) is 1. The lowest BCUT2D eigenvalue weighted by Gasteiger charge is -2.46. The van der Waals surface area contributed by atoms with Crippen molar-refractivity contribution in [1.82, 2.24) is 14.9 Å². The molecule has 2 atom stereocenters. The number of anilines is 2. The highest BCUT2D eigenvalue weighted by Crippen LogP contribution is 2.31. The zero-order chi connectivity index (χ0) is 14.8. The molecule has 2 aliphatic heterocycles. The normalized spacial score (nSPS) is 26.7. The minimum Gasteiger partial charge on any atom is -0.384 e. The standard InChI is InChI=1S/C15H25N5O/c1-19-6-3-4-11-9-20(7-5-12(11)19)15-8-13(16)17-14(18-15)10-21-2/h8,11-12H,3-7,9-10H2,1-2H3,(H2,16,17,18). The number of hydrogen-bond acceptors (Lipinski definition) is 6. The van der Waals surface area contributed by atoms with E-state index in [0.717, 1.165) is 30.9 Å². The van der Waals surface area contributed by atoms with E-state index in [9.17, 15) is 0 Å². The van der Waals surface area contributed by atoms with E-state index in [0.29, 0.717) is 18.2 Å². The van der Waals surface area contributed by atoms with Crippen molar-refractivity contribution in [1.29, 1.82) is 0 Å². The summed E-state index contributed by atoms with van der Waals surface area (Å²) < 4.78 is 5.12. The number of hydrogen-bond donors (Lipinski definition) is 1. The molecule has 116 valence electrons. The van der Waals surface area contributed by atoms with Gasteiger partial charge < -0.3 is 20.3 Å². The van der Waals surface area contributed by atoms with Crippen LogP contribution >= 0.6 is 0 Å². The third-order valence-corrected chi connectivity index (χ3v) is 4.72. The number of piperidine rings is 2. The largest absolute Gasteiger partial charge is 0.384 e. The summed E-state index contributed by atoms with van der Waals surface area (Å²) in [5.41, 5.74) is 5.91. The molecule has 0 radical (unpaired) electrons. The van der Waals surface area contributed by atoms with Crippen LogP contribution in [0, 0.1) is 5.92 Å². The number of aromatic nitrogens is 2. The molecule has 2 unspecified atom stereocenters. The fraction of sp³-hybridized carbons (Fsp3) is 0.733. The van der Waals surface area contributed by atoms with Gasteiger partial charge in [-0.05, 0) is 38.8 Å². The first kappa shape index (κ1) is 14.5. The van der Waals surface area contributed by atoms with Crippen molar-refractivity contribution in [2.45, 2.75) is 31.9 Å². The van der Waals surface area contributed by atoms with Crippen molar-refractivity contribution in [2.75, 3.05) is 44.4 Å². The van der Waals surface area contributed by atoms with Gasteiger partial charge in [0.1, 0.15) is 18.2 Å². The first-order valence-corrected chi connectivity index (χ1v) is 7.75. The molecule has 0 amide bonds. The van der Waals surface area contributed by atoms with Gasteiger partial charge in [-0.1, -0.05) is 0 Å². The van der Waals surface area contributed by atoms with Gasteiger partial charge >= 0.3 is 0 Å². The minimum atomic E-state index is 0.403. The molecule has 2 aliphatic rings. The van der Waals surface area contributed by atoms with Crippen molar-refractivity contribution in [3.05, 3.63) is 11.9 Å². The zero-order valence-corrected chi connectivity index (χ0v) is 13.0. The van der Waals surface area contributed by atoms with Gasteiger partial charge in [0, 0.05) is 32.3 Å². The number of fused-ring (bicyclic) bond motifs is 1. The second-order valence-corrected chi connectivity index (χ2v) is 6.19. The second-order valence-electron chi connectivity index (χ2n) is 6.19. The lowest BCUT2D eigenvalue weighted by Crippen LogP contribution is -2.53. The molecule has 0 bridgehead atoms. The molecule has 0 saturated carbocycles. The summed E-state index contributed by atoms with van der Waals surface area (Å²) in [4.78, 5) is 13.7. The maximum absolute atomic E-state index is 5.91. The van der Waals surface area contributed by atoms with Crippen molar-refractivity contribution in [2.24, 2.45) is 5.92 Å². The fourth-order valence-electron chi connectivity index (χ4n) is 3.72. The third-order valence-electron chi connectivity index (χ3n) is 4.72. The average molecular weight is 291 g/mol. The Kier molecular flexibility index (Phi) is 4.26. The van der Waals surface area contributed by atoms with Crippen LogP contribution in [0.4, 0.5) is 11.6 Å². The Morgan fingerprint density at radius 1 is 1.33 bits per heavy atom. The van der Waals surface area contributed by atoms with Crippen LogP contribution in [0.25, 0.3) is 0 Å². The van der Waals surface area contributed by atoms with Gasteiger partial charge in [0.15, 0.2) is 5.82 Å². The number of rotatable bonds is 3. The summed E-state index contributed by atoms with van der Waals surface area (Å²) in [5.74, 6) is 2.87. The monoisotopic (exact) mass is 291 g/mol. The lowest BCUT2D eigenvalue weighted by molar-refractivity contribution is 0.102. The predicted octanol–water partition coefficient (Wildman–Crippen LogP) is 1.13. The summed E-state index contributed by atoms with van der Waals surface area (Å²) >= 11 is 0. The van der Waals surface area contributed by atoms with Gasteiger partial charge in [-0.15, -0.1) is 0 Å². The fourth-order valence-corrected chi connectivity index (χ4v) is 3.72. The van der Waals surface area contributed by atoms with Gasteiger partial charge in [0.2, 0.25) is 0 Å². The molecule has 6 nitrogen and oxygen atoms in total. The summed E-state index contributed by atoms with van der Waals surface area (Å²) in [6, 6.07) is 2.61. The minimum absolute atomic E-state index is 0.403. The quantitative estimate of drug-likeness (QED) is 0.900. The molecule has 0 aromatic carbocycles. The number of methoxy groups -OCH3 is 1. The molecule has 2 fully saturated rings. The highest BCUT2D eigenvalue weighted by molar-refractivity contribution is 5.47. The van der Waals surface area contributed by atoms with Crippen LogP contribution in [0.5, 0.6) is 0 Å². The van der Waals surface area contributed by atoms with Crippen LogP contribution < -0.4 is 10.6 Å². The van der Waals surface area contributed by atoms with Crippen LogP contribution in [0.1, 0.15) is 25.1 Å². The molecule has 3 rings (SSSR count). The maximum Gasteiger partial charge on any atom is 0.158 e. The molecule has 1 aromatic rings. The van der Waals surface area contributed by atoms with Crippen LogP contribution in [0.15, 0.2) is 6.07 Å². The van der Waals surface area contributed by atoms with Crippen LogP contribution in [-0.2, 0) is 11.3 Å². The van der Waals surface area contributed by atoms with Gasteiger partial charge in [-0.2, -0.15) is 0 Å². The molecule has 2 saturated heterocycles. The number of ether oxygens (including phenoxy) is 1. The average Bonchev–Trinajstić information content (AvgIpc) is 2.47. The summed E-state index contributed by atoms with van der Waals surface area (Å²) in [6.07, 6.45) is 3.81. The van der Waals surface area contributed by atoms with Crippen molar-refractivity contribution in [3.63, 3.8) is 0 Å². The first-order chi connectivity index (χ1) is 10.2. The Balaban J connectivity index is 1.75.